The summed E-state index contributed by atoms with van der Waals surface area (Å²) in [6.45, 7) is 0.723. The fraction of sp³-hybridized carbons (Fsp3) is 0.182. The van der Waals surface area contributed by atoms with Gasteiger partial charge in [-0.25, -0.2) is 9.48 Å². The third-order valence-corrected chi connectivity index (χ3v) is 5.95. The van der Waals surface area contributed by atoms with E-state index in [2.05, 4.69) is 21.5 Å². The van der Waals surface area contributed by atoms with Gasteiger partial charge in [0.05, 0.1) is 16.7 Å². The van der Waals surface area contributed by atoms with E-state index in [1.807, 2.05) is 24.3 Å². The highest BCUT2D eigenvalue weighted by atomic mass is 32.1. The number of hydrogen-bond acceptors (Lipinski definition) is 6. The van der Waals surface area contributed by atoms with Crippen molar-refractivity contribution in [3.05, 3.63) is 64.0 Å². The molecule has 1 aliphatic rings. The highest BCUT2D eigenvalue weighted by Gasteiger charge is 2.38. The van der Waals surface area contributed by atoms with Gasteiger partial charge in [0.2, 0.25) is 0 Å². The average molecular weight is 475 g/mol. The molecule has 1 aromatic carbocycles. The van der Waals surface area contributed by atoms with E-state index >= 15 is 0 Å². The molecule has 0 atom stereocenters. The lowest BCUT2D eigenvalue weighted by Gasteiger charge is -2.07. The van der Waals surface area contributed by atoms with Crippen LogP contribution in [0.2, 0.25) is 0 Å². The standard InChI is InChI=1S/C20H15N3O2S.C2HF3O2/c1-23-20(24)17-15(13-2-3-16-14(10-13)6-9-25-16)11-26-19(17)18(22-23)12-4-7-21-8-5-12;3-2(4,5)1(6)7/h2-5,7-8,10-11H,6,9H2,1H3;(H,6,7). The zero-order valence-corrected chi connectivity index (χ0v) is 17.9. The Kier molecular flexibility index (Phi) is 5.90. The Bertz CT molecular complexity index is 1400. The smallest absolute Gasteiger partial charge is 0.490 e. The number of ether oxygens (including phenoxy) is 1. The molecule has 0 bridgehead atoms. The molecule has 0 radical (unpaired) electrons. The maximum atomic E-state index is 12.9. The fourth-order valence-electron chi connectivity index (χ4n) is 3.41. The predicted octanol–water partition coefficient (Wildman–Crippen LogP) is 4.29. The SMILES string of the molecule is Cn1nc(-c2ccncc2)c2scc(-c3ccc4c(c3)CCO4)c2c1=O.O=C(O)C(F)(F)F. The summed E-state index contributed by atoms with van der Waals surface area (Å²) < 4.78 is 39.7. The summed E-state index contributed by atoms with van der Waals surface area (Å²) in [4.78, 5) is 25.8. The molecule has 1 aliphatic heterocycles. The molecule has 0 unspecified atom stereocenters. The molecule has 1 N–H and O–H groups in total. The Morgan fingerprint density at radius 2 is 1.88 bits per heavy atom. The Morgan fingerprint density at radius 1 is 1.18 bits per heavy atom. The third-order valence-electron chi connectivity index (χ3n) is 4.96. The predicted molar refractivity (Wildman–Crippen MR) is 116 cm³/mol. The summed E-state index contributed by atoms with van der Waals surface area (Å²) in [6.07, 6.45) is -0.695. The first kappa shape index (κ1) is 22.5. The van der Waals surface area contributed by atoms with Gasteiger partial charge in [-0.15, -0.1) is 11.3 Å². The Morgan fingerprint density at radius 3 is 2.55 bits per heavy atom. The van der Waals surface area contributed by atoms with Gasteiger partial charge in [-0.3, -0.25) is 9.78 Å². The van der Waals surface area contributed by atoms with Crippen molar-refractivity contribution in [1.29, 1.82) is 0 Å². The van der Waals surface area contributed by atoms with Crippen molar-refractivity contribution >= 4 is 27.4 Å². The maximum Gasteiger partial charge on any atom is 0.490 e. The molecule has 5 rings (SSSR count). The zero-order valence-electron chi connectivity index (χ0n) is 17.1. The molecule has 0 fully saturated rings. The highest BCUT2D eigenvalue weighted by Crippen LogP contribution is 2.38. The zero-order chi connectivity index (χ0) is 23.8. The second-order valence-corrected chi connectivity index (χ2v) is 7.97. The number of carboxylic acids is 1. The molecule has 33 heavy (non-hydrogen) atoms. The van der Waals surface area contributed by atoms with Crippen LogP contribution in [0.4, 0.5) is 13.2 Å². The number of fused-ring (bicyclic) bond motifs is 2. The molecule has 0 amide bonds. The van der Waals surface area contributed by atoms with E-state index in [0.29, 0.717) is 0 Å². The van der Waals surface area contributed by atoms with Gasteiger partial charge in [-0.05, 0) is 35.4 Å². The van der Waals surface area contributed by atoms with Crippen molar-refractivity contribution in [1.82, 2.24) is 14.8 Å². The van der Waals surface area contributed by atoms with Crippen molar-refractivity contribution in [2.45, 2.75) is 12.6 Å². The van der Waals surface area contributed by atoms with E-state index in [1.54, 1.807) is 30.8 Å². The molecule has 0 aliphatic carbocycles. The highest BCUT2D eigenvalue weighted by molar-refractivity contribution is 7.18. The number of thiophene rings is 1. The molecular weight excluding hydrogens is 459 g/mol. The number of halogens is 3. The molecule has 11 heteroatoms. The van der Waals surface area contributed by atoms with Gasteiger partial charge in [0, 0.05) is 42.4 Å². The normalized spacial score (nSPS) is 12.6. The van der Waals surface area contributed by atoms with Gasteiger partial charge in [0.25, 0.3) is 5.56 Å². The Labute approximate surface area is 188 Å². The van der Waals surface area contributed by atoms with Crippen LogP contribution in [-0.4, -0.2) is 38.6 Å². The van der Waals surface area contributed by atoms with Crippen molar-refractivity contribution < 1.29 is 27.8 Å². The second-order valence-electron chi connectivity index (χ2n) is 7.09. The molecule has 3 aromatic heterocycles. The fourth-order valence-corrected chi connectivity index (χ4v) is 4.49. The van der Waals surface area contributed by atoms with Crippen LogP contribution in [0.1, 0.15) is 5.56 Å². The van der Waals surface area contributed by atoms with Gasteiger partial charge < -0.3 is 9.84 Å². The quantitative estimate of drug-likeness (QED) is 0.465. The van der Waals surface area contributed by atoms with Crippen LogP contribution >= 0.6 is 11.3 Å². The van der Waals surface area contributed by atoms with Crippen molar-refractivity contribution in [2.24, 2.45) is 7.05 Å². The van der Waals surface area contributed by atoms with Crippen molar-refractivity contribution in [2.75, 3.05) is 6.61 Å². The number of aromatic nitrogens is 3. The Hall–Kier alpha value is -3.73. The maximum absolute atomic E-state index is 12.9. The topological polar surface area (TPSA) is 94.3 Å². The van der Waals surface area contributed by atoms with Crippen LogP contribution in [0, 0.1) is 0 Å². The molecule has 4 aromatic rings. The first-order chi connectivity index (χ1) is 15.7. The monoisotopic (exact) mass is 475 g/mol. The minimum atomic E-state index is -5.08. The number of nitrogens with zero attached hydrogens (tertiary/aromatic N) is 3. The number of pyridine rings is 1. The molecule has 0 spiro atoms. The molecule has 7 nitrogen and oxygen atoms in total. The number of hydrogen-bond donors (Lipinski definition) is 1. The number of rotatable bonds is 2. The van der Waals surface area contributed by atoms with E-state index in [0.717, 1.165) is 51.2 Å². The largest absolute Gasteiger partial charge is 0.493 e. The Balaban J connectivity index is 0.000000325. The van der Waals surface area contributed by atoms with Crippen LogP contribution in [0.15, 0.2) is 52.9 Å². The average Bonchev–Trinajstić information content (AvgIpc) is 3.43. The first-order valence-corrected chi connectivity index (χ1v) is 10.5. The number of carboxylic acid groups (broad SMARTS) is 1. The lowest BCUT2D eigenvalue weighted by molar-refractivity contribution is -0.192. The summed E-state index contributed by atoms with van der Waals surface area (Å²) in [7, 11) is 1.70. The van der Waals surface area contributed by atoms with Gasteiger partial charge in [-0.1, -0.05) is 6.07 Å². The summed E-state index contributed by atoms with van der Waals surface area (Å²) in [6, 6.07) is 9.99. The van der Waals surface area contributed by atoms with E-state index < -0.39 is 12.1 Å². The minimum Gasteiger partial charge on any atom is -0.493 e. The molecule has 0 saturated heterocycles. The second kappa shape index (κ2) is 8.66. The molecule has 170 valence electrons. The summed E-state index contributed by atoms with van der Waals surface area (Å²) in [5.41, 5.74) is 4.89. The van der Waals surface area contributed by atoms with Gasteiger partial charge in [0.15, 0.2) is 0 Å². The van der Waals surface area contributed by atoms with Gasteiger partial charge in [-0.2, -0.15) is 18.3 Å². The summed E-state index contributed by atoms with van der Waals surface area (Å²) in [5, 5.41) is 14.4. The molecule has 4 heterocycles. The van der Waals surface area contributed by atoms with Crippen LogP contribution in [0.25, 0.3) is 32.5 Å². The van der Waals surface area contributed by atoms with E-state index in [4.69, 9.17) is 14.6 Å². The minimum absolute atomic E-state index is 0.0780. The van der Waals surface area contributed by atoms with E-state index in [1.165, 1.54) is 10.2 Å². The number of alkyl halides is 3. The van der Waals surface area contributed by atoms with Crippen molar-refractivity contribution in [3.8, 4) is 28.1 Å². The number of aryl methyl sites for hydroxylation is 1. The first-order valence-electron chi connectivity index (χ1n) is 9.62. The summed E-state index contributed by atoms with van der Waals surface area (Å²) in [5.74, 6) is -1.81. The van der Waals surface area contributed by atoms with Crippen LogP contribution in [0.5, 0.6) is 5.75 Å². The van der Waals surface area contributed by atoms with E-state index in [-0.39, 0.29) is 5.56 Å². The van der Waals surface area contributed by atoms with Gasteiger partial charge >= 0.3 is 12.1 Å². The lowest BCUT2D eigenvalue weighted by Crippen LogP contribution is -2.21. The van der Waals surface area contributed by atoms with Crippen LogP contribution in [0.3, 0.4) is 0 Å². The van der Waals surface area contributed by atoms with Gasteiger partial charge in [0.1, 0.15) is 11.4 Å². The third kappa shape index (κ3) is 4.44. The number of aliphatic carboxylic acids is 1. The lowest BCUT2D eigenvalue weighted by atomic mass is 10.0. The number of carbonyl (C=O) groups is 1. The van der Waals surface area contributed by atoms with Crippen LogP contribution < -0.4 is 10.3 Å². The molecular formula is C22H16F3N3O4S. The van der Waals surface area contributed by atoms with E-state index in [9.17, 15) is 18.0 Å². The number of benzene rings is 1. The molecule has 0 saturated carbocycles. The van der Waals surface area contributed by atoms with Crippen molar-refractivity contribution in [3.63, 3.8) is 0 Å². The van der Waals surface area contributed by atoms with Crippen LogP contribution in [-0.2, 0) is 18.3 Å². The summed E-state index contributed by atoms with van der Waals surface area (Å²) >= 11 is 1.56.